The molecule has 1 N–H and O–H groups in total. The Morgan fingerprint density at radius 1 is 0.970 bits per heavy atom. The van der Waals surface area contributed by atoms with E-state index >= 15 is 0 Å². The number of nitrogens with zero attached hydrogens (tertiary/aromatic N) is 3. The van der Waals surface area contributed by atoms with Crippen LogP contribution in [0.25, 0.3) is 22.3 Å². The van der Waals surface area contributed by atoms with E-state index in [0.717, 1.165) is 33.7 Å². The Morgan fingerprint density at radius 3 is 2.48 bits per heavy atom. The van der Waals surface area contributed by atoms with Crippen LogP contribution >= 0.6 is 15.9 Å². The fourth-order valence-corrected chi connectivity index (χ4v) is 4.11. The number of benzene rings is 3. The topological polar surface area (TPSA) is 83.4 Å². The third-order valence-corrected chi connectivity index (χ3v) is 5.85. The molecular formula is C26H22BrN3O3. The highest BCUT2D eigenvalue weighted by molar-refractivity contribution is 9.10. The first-order valence-electron chi connectivity index (χ1n) is 10.6. The number of para-hydroxylation sites is 1. The van der Waals surface area contributed by atoms with E-state index in [4.69, 9.17) is 9.97 Å². The predicted octanol–water partition coefficient (Wildman–Crippen LogP) is 5.40. The number of aromatic nitrogens is 2. The van der Waals surface area contributed by atoms with E-state index in [1.165, 1.54) is 0 Å². The summed E-state index contributed by atoms with van der Waals surface area (Å²) in [6.45, 7) is 0.865. The Labute approximate surface area is 200 Å². The molecule has 0 spiro atoms. The van der Waals surface area contributed by atoms with Crippen molar-refractivity contribution < 1.29 is 14.7 Å². The number of fused-ring (bicyclic) bond motifs is 1. The number of aliphatic carboxylic acids is 1. The Balaban J connectivity index is 1.84. The van der Waals surface area contributed by atoms with Crippen LogP contribution < -0.4 is 4.90 Å². The Bertz CT molecular complexity index is 1290. The normalized spacial score (nSPS) is 10.8. The highest BCUT2D eigenvalue weighted by atomic mass is 79.9. The molecule has 3 aromatic carbocycles. The summed E-state index contributed by atoms with van der Waals surface area (Å²) in [7, 11) is 0. The van der Waals surface area contributed by atoms with Crippen molar-refractivity contribution >= 4 is 44.9 Å². The standard InChI is InChI=1S/C26H22BrN3O3/c27-21-10-4-8-19(16-21)25-28-24-20(17-31)9-5-11-22(24)26(29-25)30(15-13-23(32)33)14-12-18-6-2-1-3-7-18/h1-11,16-17H,12-15H2,(H,32,33). The Morgan fingerprint density at radius 2 is 1.76 bits per heavy atom. The minimum atomic E-state index is -0.876. The van der Waals surface area contributed by atoms with Gasteiger partial charge in [0.25, 0.3) is 0 Å². The van der Waals surface area contributed by atoms with Gasteiger partial charge in [-0.25, -0.2) is 9.97 Å². The average Bonchev–Trinajstić information content (AvgIpc) is 2.83. The fourth-order valence-electron chi connectivity index (χ4n) is 3.71. The molecule has 0 atom stereocenters. The van der Waals surface area contributed by atoms with Gasteiger partial charge in [0, 0.05) is 34.1 Å². The van der Waals surface area contributed by atoms with Gasteiger partial charge in [-0.2, -0.15) is 0 Å². The van der Waals surface area contributed by atoms with Gasteiger partial charge in [-0.05, 0) is 36.2 Å². The van der Waals surface area contributed by atoms with Crippen LogP contribution in [0.5, 0.6) is 0 Å². The molecule has 1 aromatic heterocycles. The Hall–Kier alpha value is -3.58. The minimum Gasteiger partial charge on any atom is -0.481 e. The van der Waals surface area contributed by atoms with Crippen molar-refractivity contribution in [1.82, 2.24) is 9.97 Å². The van der Waals surface area contributed by atoms with E-state index in [-0.39, 0.29) is 13.0 Å². The van der Waals surface area contributed by atoms with Gasteiger partial charge >= 0.3 is 5.97 Å². The van der Waals surface area contributed by atoms with Crippen molar-refractivity contribution in [2.24, 2.45) is 0 Å². The zero-order chi connectivity index (χ0) is 23.2. The third kappa shape index (κ3) is 5.43. The van der Waals surface area contributed by atoms with Crippen LogP contribution in [0.2, 0.25) is 0 Å². The average molecular weight is 504 g/mol. The summed E-state index contributed by atoms with van der Waals surface area (Å²) in [6.07, 6.45) is 1.49. The molecule has 0 aliphatic rings. The highest BCUT2D eigenvalue weighted by Crippen LogP contribution is 2.30. The van der Waals surface area contributed by atoms with Gasteiger partial charge in [-0.3, -0.25) is 9.59 Å². The van der Waals surface area contributed by atoms with Gasteiger partial charge < -0.3 is 10.0 Å². The molecule has 4 rings (SSSR count). The van der Waals surface area contributed by atoms with Gasteiger partial charge in [-0.15, -0.1) is 0 Å². The van der Waals surface area contributed by atoms with Crippen molar-refractivity contribution in [3.63, 3.8) is 0 Å². The van der Waals surface area contributed by atoms with E-state index in [1.54, 1.807) is 12.1 Å². The highest BCUT2D eigenvalue weighted by Gasteiger charge is 2.18. The molecule has 0 saturated heterocycles. The maximum atomic E-state index is 11.8. The lowest BCUT2D eigenvalue weighted by Crippen LogP contribution is -2.30. The first-order chi connectivity index (χ1) is 16.0. The summed E-state index contributed by atoms with van der Waals surface area (Å²) in [5.41, 5.74) is 2.97. The van der Waals surface area contributed by atoms with Crippen LogP contribution in [0, 0.1) is 0 Å². The molecule has 166 valence electrons. The van der Waals surface area contributed by atoms with Crippen molar-refractivity contribution in [2.75, 3.05) is 18.0 Å². The van der Waals surface area contributed by atoms with E-state index in [0.29, 0.717) is 29.3 Å². The zero-order valence-corrected chi connectivity index (χ0v) is 19.4. The van der Waals surface area contributed by atoms with Gasteiger partial charge in [0.05, 0.1) is 11.9 Å². The molecule has 1 heterocycles. The van der Waals surface area contributed by atoms with Crippen LogP contribution in [-0.2, 0) is 11.2 Å². The zero-order valence-electron chi connectivity index (χ0n) is 17.8. The third-order valence-electron chi connectivity index (χ3n) is 5.36. The van der Waals surface area contributed by atoms with Crippen LogP contribution in [0.4, 0.5) is 5.82 Å². The number of anilines is 1. The number of aldehydes is 1. The van der Waals surface area contributed by atoms with Crippen molar-refractivity contribution in [3.8, 4) is 11.4 Å². The number of carbonyl (C=O) groups excluding carboxylic acids is 1. The smallest absolute Gasteiger partial charge is 0.305 e. The number of carboxylic acids is 1. The van der Waals surface area contributed by atoms with Crippen LogP contribution in [-0.4, -0.2) is 40.4 Å². The van der Waals surface area contributed by atoms with E-state index < -0.39 is 5.97 Å². The summed E-state index contributed by atoms with van der Waals surface area (Å²) in [6, 6.07) is 23.1. The molecule has 0 amide bonds. The number of rotatable bonds is 9. The van der Waals surface area contributed by atoms with E-state index in [1.807, 2.05) is 65.6 Å². The van der Waals surface area contributed by atoms with Gasteiger partial charge in [0.15, 0.2) is 12.1 Å². The molecular weight excluding hydrogens is 482 g/mol. The molecule has 4 aromatic rings. The molecule has 0 aliphatic carbocycles. The first-order valence-corrected chi connectivity index (χ1v) is 11.4. The van der Waals surface area contributed by atoms with E-state index in [9.17, 15) is 14.7 Å². The number of carbonyl (C=O) groups is 2. The van der Waals surface area contributed by atoms with Gasteiger partial charge in [-0.1, -0.05) is 64.5 Å². The van der Waals surface area contributed by atoms with Gasteiger partial charge in [0.1, 0.15) is 5.82 Å². The first kappa shape index (κ1) is 22.6. The molecule has 6 nitrogen and oxygen atoms in total. The summed E-state index contributed by atoms with van der Waals surface area (Å²) in [4.78, 5) is 34.7. The molecule has 0 fully saturated rings. The lowest BCUT2D eigenvalue weighted by molar-refractivity contribution is -0.136. The number of halogens is 1. The molecule has 0 radical (unpaired) electrons. The number of hydrogen-bond acceptors (Lipinski definition) is 5. The van der Waals surface area contributed by atoms with Crippen LogP contribution in [0.3, 0.4) is 0 Å². The van der Waals surface area contributed by atoms with Crippen LogP contribution in [0.1, 0.15) is 22.3 Å². The quantitative estimate of drug-likeness (QED) is 0.308. The molecule has 0 aliphatic heterocycles. The van der Waals surface area contributed by atoms with Gasteiger partial charge in [0.2, 0.25) is 0 Å². The Kier molecular flexibility index (Phi) is 7.10. The maximum absolute atomic E-state index is 11.8. The van der Waals surface area contributed by atoms with Crippen molar-refractivity contribution in [2.45, 2.75) is 12.8 Å². The largest absolute Gasteiger partial charge is 0.481 e. The van der Waals surface area contributed by atoms with Crippen LogP contribution in [0.15, 0.2) is 77.3 Å². The molecule has 0 bridgehead atoms. The van der Waals surface area contributed by atoms with Crippen molar-refractivity contribution in [1.29, 1.82) is 0 Å². The molecule has 0 unspecified atom stereocenters. The summed E-state index contributed by atoms with van der Waals surface area (Å²) in [5.74, 6) is 0.225. The second-order valence-corrected chi connectivity index (χ2v) is 8.52. The summed E-state index contributed by atoms with van der Waals surface area (Å²) >= 11 is 3.49. The fraction of sp³-hybridized carbons (Fsp3) is 0.154. The maximum Gasteiger partial charge on any atom is 0.305 e. The number of carboxylic acid groups (broad SMARTS) is 1. The van der Waals surface area contributed by atoms with Crippen molar-refractivity contribution in [3.05, 3.63) is 88.4 Å². The summed E-state index contributed by atoms with van der Waals surface area (Å²) in [5, 5.41) is 10.1. The lowest BCUT2D eigenvalue weighted by Gasteiger charge is -2.25. The summed E-state index contributed by atoms with van der Waals surface area (Å²) < 4.78 is 0.890. The van der Waals surface area contributed by atoms with E-state index in [2.05, 4.69) is 15.9 Å². The minimum absolute atomic E-state index is 0.0279. The monoisotopic (exact) mass is 503 g/mol. The SMILES string of the molecule is O=Cc1cccc2c(N(CCC(=O)O)CCc3ccccc3)nc(-c3cccc(Br)c3)nc12. The predicted molar refractivity (Wildman–Crippen MR) is 133 cm³/mol. The molecule has 0 saturated carbocycles. The lowest BCUT2D eigenvalue weighted by atomic mass is 10.1. The molecule has 7 heteroatoms. The second-order valence-electron chi connectivity index (χ2n) is 7.61. The second kappa shape index (κ2) is 10.4. The number of hydrogen-bond donors (Lipinski definition) is 1. The molecule has 33 heavy (non-hydrogen) atoms.